The van der Waals surface area contributed by atoms with E-state index < -0.39 is 0 Å². The van der Waals surface area contributed by atoms with Crippen molar-refractivity contribution in [2.24, 2.45) is 20.9 Å². The second-order valence-corrected chi connectivity index (χ2v) is 2.64. The van der Waals surface area contributed by atoms with E-state index in [0.29, 0.717) is 0 Å². The van der Waals surface area contributed by atoms with Gasteiger partial charge in [-0.2, -0.15) is 5.10 Å². The van der Waals surface area contributed by atoms with Crippen molar-refractivity contribution in [3.05, 3.63) is 0 Å². The molecule has 0 saturated carbocycles. The van der Waals surface area contributed by atoms with Crippen molar-refractivity contribution >= 4 is 17.4 Å². The van der Waals surface area contributed by atoms with Crippen molar-refractivity contribution in [2.75, 3.05) is 0 Å². The average Bonchev–Trinajstić information content (AvgIpc) is 1.95. The van der Waals surface area contributed by atoms with E-state index in [1.165, 1.54) is 0 Å². The van der Waals surface area contributed by atoms with Crippen molar-refractivity contribution in [2.45, 2.75) is 26.7 Å². The molecule has 0 fully saturated rings. The van der Waals surface area contributed by atoms with Gasteiger partial charge in [-0.1, -0.05) is 0 Å². The highest BCUT2D eigenvalue weighted by molar-refractivity contribution is 5.98. The molecule has 1 aliphatic heterocycles. The van der Waals surface area contributed by atoms with Crippen LogP contribution in [-0.2, 0) is 0 Å². The lowest BCUT2D eigenvalue weighted by atomic mass is 10.2. The molecule has 0 aromatic rings. The lowest BCUT2D eigenvalue weighted by Crippen LogP contribution is -2.13. The zero-order chi connectivity index (χ0) is 8.27. The van der Waals surface area contributed by atoms with Gasteiger partial charge in [0.05, 0.1) is 0 Å². The fourth-order valence-electron chi connectivity index (χ4n) is 0.822. The van der Waals surface area contributed by atoms with Gasteiger partial charge in [0, 0.05) is 11.4 Å². The highest BCUT2D eigenvalue weighted by Crippen LogP contribution is 1.99. The number of aliphatic imine (C=N–C) groups is 1. The molecule has 1 aliphatic rings. The number of hydrogen-bond donors (Lipinski definition) is 1. The first-order valence-corrected chi connectivity index (χ1v) is 3.59. The van der Waals surface area contributed by atoms with Crippen molar-refractivity contribution < 1.29 is 0 Å². The van der Waals surface area contributed by atoms with Crippen molar-refractivity contribution in [1.82, 2.24) is 0 Å². The predicted molar refractivity (Wildman–Crippen MR) is 47.1 cm³/mol. The van der Waals surface area contributed by atoms with Crippen LogP contribution in [0.4, 0.5) is 0 Å². The van der Waals surface area contributed by atoms with E-state index in [2.05, 4.69) is 15.2 Å². The van der Waals surface area contributed by atoms with Crippen molar-refractivity contribution in [3.8, 4) is 0 Å². The minimum absolute atomic E-state index is 0.251. The SMILES string of the molecule is CC1=NN=C(N)N=C(C)CC1. The molecule has 0 amide bonds. The topological polar surface area (TPSA) is 63.1 Å². The normalized spacial score (nSPS) is 19.3. The van der Waals surface area contributed by atoms with Gasteiger partial charge in [0.15, 0.2) is 0 Å². The summed E-state index contributed by atoms with van der Waals surface area (Å²) in [5.74, 6) is 0.251. The highest BCUT2D eigenvalue weighted by atomic mass is 15.3. The molecule has 4 heteroatoms. The van der Waals surface area contributed by atoms with Crippen LogP contribution in [-0.4, -0.2) is 17.4 Å². The number of hydrogen-bond acceptors (Lipinski definition) is 4. The lowest BCUT2D eigenvalue weighted by molar-refractivity contribution is 1.06. The smallest absolute Gasteiger partial charge is 0.239 e. The summed E-state index contributed by atoms with van der Waals surface area (Å²) in [6.07, 6.45) is 1.84. The molecule has 0 spiro atoms. The third kappa shape index (κ3) is 2.49. The van der Waals surface area contributed by atoms with Gasteiger partial charge in [-0.3, -0.25) is 0 Å². The summed E-state index contributed by atoms with van der Waals surface area (Å²) in [7, 11) is 0. The summed E-state index contributed by atoms with van der Waals surface area (Å²) in [5, 5.41) is 7.58. The van der Waals surface area contributed by atoms with E-state index in [9.17, 15) is 0 Å². The number of nitrogens with two attached hydrogens (primary N) is 1. The molecule has 60 valence electrons. The molecule has 1 rings (SSSR count). The third-order valence-electron chi connectivity index (χ3n) is 1.48. The van der Waals surface area contributed by atoms with Gasteiger partial charge in [0.1, 0.15) is 0 Å². The molecule has 2 N–H and O–H groups in total. The summed E-state index contributed by atoms with van der Waals surface area (Å²) in [6.45, 7) is 3.89. The van der Waals surface area contributed by atoms with Crippen LogP contribution < -0.4 is 5.73 Å². The lowest BCUT2D eigenvalue weighted by Gasteiger charge is -2.02. The number of guanidine groups is 1. The first-order chi connectivity index (χ1) is 5.18. The van der Waals surface area contributed by atoms with Gasteiger partial charge in [0.25, 0.3) is 0 Å². The minimum atomic E-state index is 0.251. The molecule has 0 aromatic heterocycles. The Kier molecular flexibility index (Phi) is 2.36. The minimum Gasteiger partial charge on any atom is -0.366 e. The van der Waals surface area contributed by atoms with E-state index in [1.54, 1.807) is 0 Å². The molecule has 0 aromatic carbocycles. The fraction of sp³-hybridized carbons (Fsp3) is 0.571. The van der Waals surface area contributed by atoms with Crippen LogP contribution >= 0.6 is 0 Å². The Bertz CT molecular complexity index is 237. The Morgan fingerprint density at radius 2 is 1.73 bits per heavy atom. The van der Waals surface area contributed by atoms with Gasteiger partial charge < -0.3 is 5.73 Å². The van der Waals surface area contributed by atoms with Gasteiger partial charge in [-0.25, -0.2) is 4.99 Å². The second-order valence-electron chi connectivity index (χ2n) is 2.64. The first-order valence-electron chi connectivity index (χ1n) is 3.59. The van der Waals surface area contributed by atoms with Crippen molar-refractivity contribution in [1.29, 1.82) is 0 Å². The van der Waals surface area contributed by atoms with Crippen LogP contribution in [0.1, 0.15) is 26.7 Å². The number of rotatable bonds is 0. The fourth-order valence-corrected chi connectivity index (χ4v) is 0.822. The second kappa shape index (κ2) is 3.27. The molecule has 0 bridgehead atoms. The number of nitrogens with zero attached hydrogens (tertiary/aromatic N) is 3. The van der Waals surface area contributed by atoms with Crippen LogP contribution in [0.15, 0.2) is 15.2 Å². The van der Waals surface area contributed by atoms with Crippen LogP contribution in [0.2, 0.25) is 0 Å². The Labute approximate surface area is 65.9 Å². The zero-order valence-electron chi connectivity index (χ0n) is 6.83. The average molecular weight is 152 g/mol. The van der Waals surface area contributed by atoms with Crippen molar-refractivity contribution in [3.63, 3.8) is 0 Å². The monoisotopic (exact) mass is 152 g/mol. The molecule has 1 heterocycles. The van der Waals surface area contributed by atoms with Crippen LogP contribution in [0, 0.1) is 0 Å². The van der Waals surface area contributed by atoms with E-state index >= 15 is 0 Å². The maximum absolute atomic E-state index is 5.41. The summed E-state index contributed by atoms with van der Waals surface area (Å²) < 4.78 is 0. The molecule has 0 saturated heterocycles. The van der Waals surface area contributed by atoms with E-state index in [0.717, 1.165) is 24.3 Å². The maximum Gasteiger partial charge on any atom is 0.239 e. The Balaban J connectivity index is 2.84. The van der Waals surface area contributed by atoms with E-state index in [4.69, 9.17) is 5.73 Å². The molecular formula is C7H12N4. The van der Waals surface area contributed by atoms with E-state index in [1.807, 2.05) is 13.8 Å². The zero-order valence-corrected chi connectivity index (χ0v) is 6.83. The van der Waals surface area contributed by atoms with Crippen LogP contribution in [0.5, 0.6) is 0 Å². The Morgan fingerprint density at radius 3 is 2.45 bits per heavy atom. The summed E-state index contributed by atoms with van der Waals surface area (Å²) in [4.78, 5) is 4.01. The quantitative estimate of drug-likeness (QED) is 0.551. The summed E-state index contributed by atoms with van der Waals surface area (Å²) in [5.41, 5.74) is 7.43. The van der Waals surface area contributed by atoms with Crippen LogP contribution in [0.25, 0.3) is 0 Å². The maximum atomic E-state index is 5.41. The summed E-state index contributed by atoms with van der Waals surface area (Å²) >= 11 is 0. The molecular weight excluding hydrogens is 140 g/mol. The molecule has 0 aliphatic carbocycles. The first kappa shape index (κ1) is 7.91. The third-order valence-corrected chi connectivity index (χ3v) is 1.48. The van der Waals surface area contributed by atoms with Gasteiger partial charge >= 0.3 is 0 Å². The van der Waals surface area contributed by atoms with Gasteiger partial charge in [-0.05, 0) is 26.7 Å². The Morgan fingerprint density at radius 1 is 1.09 bits per heavy atom. The molecule has 4 nitrogen and oxygen atoms in total. The summed E-state index contributed by atoms with van der Waals surface area (Å²) in [6, 6.07) is 0. The van der Waals surface area contributed by atoms with Gasteiger partial charge in [0.2, 0.25) is 5.96 Å². The highest BCUT2D eigenvalue weighted by Gasteiger charge is 1.99. The molecule has 11 heavy (non-hydrogen) atoms. The predicted octanol–water partition coefficient (Wildman–Crippen LogP) is 0.932. The molecule has 0 radical (unpaired) electrons. The Hall–Kier alpha value is -1.19. The standard InChI is InChI=1S/C7H12N4/c1-5-3-4-6(2)10-11-7(8)9-5/h3-4H2,1-2H3,(H2,8,11). The molecule has 0 unspecified atom stereocenters. The largest absolute Gasteiger partial charge is 0.366 e. The molecule has 0 atom stereocenters. The van der Waals surface area contributed by atoms with Crippen LogP contribution in [0.3, 0.4) is 0 Å². The van der Waals surface area contributed by atoms with Gasteiger partial charge in [-0.15, -0.1) is 5.10 Å². The van der Waals surface area contributed by atoms with E-state index in [-0.39, 0.29) is 5.96 Å².